The number of aliphatic hydroxyl groups excluding tert-OH is 1. The Kier molecular flexibility index (Phi) is 4.57. The van der Waals surface area contributed by atoms with E-state index >= 15 is 0 Å². The second kappa shape index (κ2) is 5.74. The number of aliphatic hydroxyl groups is 1. The Bertz CT molecular complexity index is 208. The Balaban J connectivity index is 1.73. The van der Waals surface area contributed by atoms with E-state index < -0.39 is 0 Å². The summed E-state index contributed by atoms with van der Waals surface area (Å²) in [6.07, 6.45) is 12.1. The third-order valence-electron chi connectivity index (χ3n) is 4.36. The SMILES string of the molecule is CSC1(CNC2CCC(O)CC2)CCCC1. The molecule has 2 aliphatic carbocycles. The maximum atomic E-state index is 9.47. The highest BCUT2D eigenvalue weighted by Crippen LogP contribution is 2.39. The van der Waals surface area contributed by atoms with E-state index in [9.17, 15) is 5.11 Å². The van der Waals surface area contributed by atoms with Gasteiger partial charge in [-0.05, 0) is 44.8 Å². The Morgan fingerprint density at radius 2 is 1.81 bits per heavy atom. The molecule has 0 bridgehead atoms. The van der Waals surface area contributed by atoms with Crippen molar-refractivity contribution < 1.29 is 5.11 Å². The minimum atomic E-state index is -0.0287. The Morgan fingerprint density at radius 1 is 1.19 bits per heavy atom. The molecule has 2 aliphatic rings. The quantitative estimate of drug-likeness (QED) is 0.796. The molecule has 0 atom stereocenters. The van der Waals surface area contributed by atoms with Crippen LogP contribution in [0.2, 0.25) is 0 Å². The monoisotopic (exact) mass is 243 g/mol. The zero-order valence-corrected chi connectivity index (χ0v) is 11.2. The van der Waals surface area contributed by atoms with Crippen LogP contribution in [0.1, 0.15) is 51.4 Å². The minimum Gasteiger partial charge on any atom is -0.393 e. The predicted octanol–water partition coefficient (Wildman–Crippen LogP) is 2.56. The average Bonchev–Trinajstić information content (AvgIpc) is 2.78. The molecule has 3 heteroatoms. The van der Waals surface area contributed by atoms with Crippen molar-refractivity contribution in [2.75, 3.05) is 12.8 Å². The molecular formula is C13H25NOS. The van der Waals surface area contributed by atoms with Crippen LogP contribution in [-0.4, -0.2) is 34.8 Å². The first-order valence-corrected chi connectivity index (χ1v) is 7.93. The lowest BCUT2D eigenvalue weighted by atomic mass is 9.92. The van der Waals surface area contributed by atoms with Crippen molar-refractivity contribution in [1.29, 1.82) is 0 Å². The van der Waals surface area contributed by atoms with Crippen LogP contribution in [0.15, 0.2) is 0 Å². The van der Waals surface area contributed by atoms with Gasteiger partial charge < -0.3 is 10.4 Å². The molecule has 0 aromatic carbocycles. The molecule has 16 heavy (non-hydrogen) atoms. The van der Waals surface area contributed by atoms with Gasteiger partial charge in [0.15, 0.2) is 0 Å². The molecule has 0 aromatic heterocycles. The number of rotatable bonds is 4. The zero-order chi connectivity index (χ0) is 11.4. The standard InChI is InChI=1S/C13H25NOS/c1-16-13(8-2-3-9-13)10-14-11-4-6-12(15)7-5-11/h11-12,14-15H,2-10H2,1H3. The average molecular weight is 243 g/mol. The Hall–Kier alpha value is 0.270. The number of hydrogen-bond donors (Lipinski definition) is 2. The number of thioether (sulfide) groups is 1. The third kappa shape index (κ3) is 3.14. The molecule has 2 saturated carbocycles. The van der Waals surface area contributed by atoms with Gasteiger partial charge in [0.2, 0.25) is 0 Å². The topological polar surface area (TPSA) is 32.3 Å². The fourth-order valence-corrected chi connectivity index (χ4v) is 4.01. The number of nitrogens with one attached hydrogen (secondary N) is 1. The van der Waals surface area contributed by atoms with E-state index in [4.69, 9.17) is 0 Å². The second-order valence-corrected chi connectivity index (χ2v) is 6.75. The first kappa shape index (κ1) is 12.7. The smallest absolute Gasteiger partial charge is 0.0541 e. The van der Waals surface area contributed by atoms with Gasteiger partial charge in [-0.15, -0.1) is 0 Å². The summed E-state index contributed by atoms with van der Waals surface area (Å²) < 4.78 is 0.524. The summed E-state index contributed by atoms with van der Waals surface area (Å²) in [5, 5.41) is 13.2. The molecule has 94 valence electrons. The first-order chi connectivity index (χ1) is 7.74. The van der Waals surface area contributed by atoms with Gasteiger partial charge in [-0.1, -0.05) is 12.8 Å². The summed E-state index contributed by atoms with van der Waals surface area (Å²) in [5.41, 5.74) is 0. The molecule has 0 aliphatic heterocycles. The lowest BCUT2D eigenvalue weighted by molar-refractivity contribution is 0.116. The van der Waals surface area contributed by atoms with Gasteiger partial charge >= 0.3 is 0 Å². The van der Waals surface area contributed by atoms with Crippen LogP contribution >= 0.6 is 11.8 Å². The maximum absolute atomic E-state index is 9.47. The molecule has 2 N–H and O–H groups in total. The normalized spacial score (nSPS) is 34.1. The predicted molar refractivity (Wildman–Crippen MR) is 71.0 cm³/mol. The molecule has 2 rings (SSSR count). The van der Waals surface area contributed by atoms with Gasteiger partial charge in [0.1, 0.15) is 0 Å². The highest BCUT2D eigenvalue weighted by Gasteiger charge is 2.33. The molecule has 2 nitrogen and oxygen atoms in total. The van der Waals surface area contributed by atoms with Gasteiger partial charge in [0.25, 0.3) is 0 Å². The van der Waals surface area contributed by atoms with Gasteiger partial charge in [-0.3, -0.25) is 0 Å². The van der Waals surface area contributed by atoms with Gasteiger partial charge in [0.05, 0.1) is 6.10 Å². The fraction of sp³-hybridized carbons (Fsp3) is 1.00. The van der Waals surface area contributed by atoms with Crippen LogP contribution in [0, 0.1) is 0 Å². The Labute approximate surface area is 104 Å². The third-order valence-corrected chi connectivity index (χ3v) is 5.78. The molecule has 0 unspecified atom stereocenters. The maximum Gasteiger partial charge on any atom is 0.0541 e. The van der Waals surface area contributed by atoms with E-state index in [1.807, 2.05) is 0 Å². The molecule has 0 aromatic rings. The minimum absolute atomic E-state index is 0.0287. The first-order valence-electron chi connectivity index (χ1n) is 6.71. The van der Waals surface area contributed by atoms with Crippen molar-refractivity contribution in [3.05, 3.63) is 0 Å². The summed E-state index contributed by atoms with van der Waals surface area (Å²) >= 11 is 2.06. The highest BCUT2D eigenvalue weighted by atomic mass is 32.2. The summed E-state index contributed by atoms with van der Waals surface area (Å²) in [6, 6.07) is 0.660. The van der Waals surface area contributed by atoms with Crippen LogP contribution < -0.4 is 5.32 Å². The summed E-state index contributed by atoms with van der Waals surface area (Å²) in [7, 11) is 0. The molecule has 0 spiro atoms. The summed E-state index contributed by atoms with van der Waals surface area (Å²) in [4.78, 5) is 0. The van der Waals surface area contributed by atoms with E-state index in [2.05, 4.69) is 23.3 Å². The number of hydrogen-bond acceptors (Lipinski definition) is 3. The van der Waals surface area contributed by atoms with Gasteiger partial charge in [-0.25, -0.2) is 0 Å². The van der Waals surface area contributed by atoms with Crippen LogP contribution in [-0.2, 0) is 0 Å². The van der Waals surface area contributed by atoms with E-state index in [1.54, 1.807) is 0 Å². The summed E-state index contributed by atoms with van der Waals surface area (Å²) in [6.45, 7) is 1.18. The van der Waals surface area contributed by atoms with E-state index in [-0.39, 0.29) is 6.10 Å². The van der Waals surface area contributed by atoms with Crippen molar-refractivity contribution >= 4 is 11.8 Å². The molecule has 0 saturated heterocycles. The zero-order valence-electron chi connectivity index (χ0n) is 10.4. The molecule has 2 fully saturated rings. The molecule has 0 heterocycles. The van der Waals surface area contributed by atoms with Crippen LogP contribution in [0.25, 0.3) is 0 Å². The van der Waals surface area contributed by atoms with Gasteiger partial charge in [0, 0.05) is 17.3 Å². The van der Waals surface area contributed by atoms with Crippen LogP contribution in [0.5, 0.6) is 0 Å². The van der Waals surface area contributed by atoms with Crippen molar-refractivity contribution in [3.8, 4) is 0 Å². The van der Waals surface area contributed by atoms with Crippen LogP contribution in [0.4, 0.5) is 0 Å². The second-order valence-electron chi connectivity index (χ2n) is 5.48. The van der Waals surface area contributed by atoms with Crippen molar-refractivity contribution in [2.24, 2.45) is 0 Å². The molecular weight excluding hydrogens is 218 g/mol. The Morgan fingerprint density at radius 3 is 2.38 bits per heavy atom. The van der Waals surface area contributed by atoms with E-state index in [0.717, 1.165) is 25.7 Å². The van der Waals surface area contributed by atoms with Crippen molar-refractivity contribution in [1.82, 2.24) is 5.32 Å². The van der Waals surface area contributed by atoms with E-state index in [1.165, 1.54) is 32.2 Å². The lowest BCUT2D eigenvalue weighted by Crippen LogP contribution is -2.42. The van der Waals surface area contributed by atoms with Gasteiger partial charge in [-0.2, -0.15) is 11.8 Å². The van der Waals surface area contributed by atoms with Crippen molar-refractivity contribution in [2.45, 2.75) is 68.3 Å². The fourth-order valence-electron chi connectivity index (χ4n) is 3.08. The van der Waals surface area contributed by atoms with Crippen molar-refractivity contribution in [3.63, 3.8) is 0 Å². The lowest BCUT2D eigenvalue weighted by Gasteiger charge is -2.32. The summed E-state index contributed by atoms with van der Waals surface area (Å²) in [5.74, 6) is 0. The van der Waals surface area contributed by atoms with E-state index in [0.29, 0.717) is 10.8 Å². The van der Waals surface area contributed by atoms with Crippen LogP contribution in [0.3, 0.4) is 0 Å². The molecule has 0 radical (unpaired) electrons. The largest absolute Gasteiger partial charge is 0.393 e. The molecule has 0 amide bonds. The highest BCUT2D eigenvalue weighted by molar-refractivity contribution is 8.00.